The van der Waals surface area contributed by atoms with Gasteiger partial charge in [-0.15, -0.1) is 0 Å². The van der Waals surface area contributed by atoms with Crippen LogP contribution in [0.3, 0.4) is 0 Å². The maximum Gasteiger partial charge on any atom is 0.310 e. The summed E-state index contributed by atoms with van der Waals surface area (Å²) in [6.45, 7) is 5.82. The molecule has 2 bridgehead atoms. The van der Waals surface area contributed by atoms with Gasteiger partial charge in [0.2, 0.25) is 5.91 Å². The fourth-order valence-corrected chi connectivity index (χ4v) is 4.19. The topological polar surface area (TPSA) is 70.1 Å². The molecule has 0 unspecified atom stereocenters. The quantitative estimate of drug-likeness (QED) is 0.824. The van der Waals surface area contributed by atoms with E-state index in [2.05, 4.69) is 36.1 Å². The van der Waals surface area contributed by atoms with Crippen LogP contribution in [-0.2, 0) is 20.9 Å². The van der Waals surface area contributed by atoms with Gasteiger partial charge in [0.15, 0.2) is 0 Å². The maximum absolute atomic E-state index is 12.9. The molecular weight excluding hydrogens is 332 g/mol. The minimum absolute atomic E-state index is 0.0794. The highest BCUT2D eigenvalue weighted by atomic mass is 16.5. The van der Waals surface area contributed by atoms with E-state index >= 15 is 0 Å². The van der Waals surface area contributed by atoms with Gasteiger partial charge in [0.05, 0.1) is 18.1 Å². The number of hydrogen-bond acceptors (Lipinski definition) is 4. The Balaban J connectivity index is 1.36. The van der Waals surface area contributed by atoms with Crippen molar-refractivity contribution in [2.24, 2.45) is 11.8 Å². The molecule has 26 heavy (non-hydrogen) atoms. The van der Waals surface area contributed by atoms with Crippen molar-refractivity contribution in [1.82, 2.24) is 9.80 Å². The summed E-state index contributed by atoms with van der Waals surface area (Å²) in [6, 6.07) is 8.51. The number of ether oxygens (including phenoxy) is 1. The highest BCUT2D eigenvalue weighted by Crippen LogP contribution is 2.40. The van der Waals surface area contributed by atoms with Gasteiger partial charge in [-0.3, -0.25) is 14.5 Å². The van der Waals surface area contributed by atoms with E-state index in [1.165, 1.54) is 11.1 Å². The van der Waals surface area contributed by atoms with Crippen LogP contribution < -0.4 is 0 Å². The molecule has 0 aliphatic carbocycles. The van der Waals surface area contributed by atoms with Crippen molar-refractivity contribution in [3.05, 3.63) is 47.5 Å². The second-order valence-corrected chi connectivity index (χ2v) is 7.43. The number of aryl methyl sites for hydroxylation is 1. The Morgan fingerprint density at radius 2 is 1.65 bits per heavy atom. The Bertz CT molecular complexity index is 722. The Morgan fingerprint density at radius 3 is 2.27 bits per heavy atom. The van der Waals surface area contributed by atoms with Gasteiger partial charge in [-0.2, -0.15) is 0 Å². The molecule has 3 aliphatic rings. The van der Waals surface area contributed by atoms with Crippen LogP contribution in [0.4, 0.5) is 0 Å². The van der Waals surface area contributed by atoms with Gasteiger partial charge in [0.1, 0.15) is 5.92 Å². The molecule has 6 nitrogen and oxygen atoms in total. The Labute approximate surface area is 153 Å². The van der Waals surface area contributed by atoms with Gasteiger partial charge in [0, 0.05) is 32.7 Å². The maximum atomic E-state index is 12.9. The number of aliphatic carboxylic acids is 1. The van der Waals surface area contributed by atoms with E-state index in [9.17, 15) is 14.7 Å². The average Bonchev–Trinajstić information content (AvgIpc) is 3.25. The molecule has 2 fully saturated rings. The zero-order chi connectivity index (χ0) is 18.3. The standard InChI is InChI=1S/C20H24N2O4/c1-13-2-4-14(5-3-13)12-21-8-10-22(11-9-21)19(23)17-15-6-7-16(26-15)18(17)20(24)25/h2-7,15-18H,8-12H2,1H3,(H,24,25)/t15-,16-,17+,18+/m1/s1. The minimum atomic E-state index is -0.946. The fraction of sp³-hybridized carbons (Fsp3) is 0.500. The van der Waals surface area contributed by atoms with Crippen molar-refractivity contribution in [2.75, 3.05) is 26.2 Å². The number of amides is 1. The van der Waals surface area contributed by atoms with Crippen LogP contribution in [0.5, 0.6) is 0 Å². The second kappa shape index (κ2) is 6.85. The number of carbonyl (C=O) groups is 2. The predicted octanol–water partition coefficient (Wildman–Crippen LogP) is 1.29. The molecule has 6 heteroatoms. The first-order valence-electron chi connectivity index (χ1n) is 9.16. The number of nitrogens with zero attached hydrogens (tertiary/aromatic N) is 2. The van der Waals surface area contributed by atoms with Crippen LogP contribution in [0.1, 0.15) is 11.1 Å². The van der Waals surface area contributed by atoms with Crippen molar-refractivity contribution < 1.29 is 19.4 Å². The van der Waals surface area contributed by atoms with E-state index in [1.54, 1.807) is 6.08 Å². The normalized spacial score (nSPS) is 30.7. The summed E-state index contributed by atoms with van der Waals surface area (Å²) < 4.78 is 5.63. The van der Waals surface area contributed by atoms with E-state index in [0.29, 0.717) is 13.1 Å². The second-order valence-electron chi connectivity index (χ2n) is 7.43. The van der Waals surface area contributed by atoms with Crippen molar-refractivity contribution in [2.45, 2.75) is 25.7 Å². The third kappa shape index (κ3) is 3.15. The van der Waals surface area contributed by atoms with E-state index in [-0.39, 0.29) is 12.0 Å². The number of carboxylic acid groups (broad SMARTS) is 1. The molecule has 1 amide bonds. The molecule has 0 aromatic heterocycles. The average molecular weight is 356 g/mol. The molecule has 4 rings (SSSR count). The summed E-state index contributed by atoms with van der Waals surface area (Å²) in [7, 11) is 0. The fourth-order valence-electron chi connectivity index (χ4n) is 4.19. The minimum Gasteiger partial charge on any atom is -0.481 e. The molecule has 4 atom stereocenters. The molecule has 138 valence electrons. The van der Waals surface area contributed by atoms with Gasteiger partial charge in [0.25, 0.3) is 0 Å². The number of benzene rings is 1. The van der Waals surface area contributed by atoms with Gasteiger partial charge in [-0.25, -0.2) is 0 Å². The lowest BCUT2D eigenvalue weighted by Gasteiger charge is -2.37. The summed E-state index contributed by atoms with van der Waals surface area (Å²) in [5.41, 5.74) is 2.52. The zero-order valence-electron chi connectivity index (χ0n) is 14.9. The molecule has 1 N–H and O–H groups in total. The lowest BCUT2D eigenvalue weighted by atomic mass is 9.82. The summed E-state index contributed by atoms with van der Waals surface area (Å²) in [4.78, 5) is 28.7. The molecule has 0 saturated carbocycles. The van der Waals surface area contributed by atoms with E-state index in [0.717, 1.165) is 19.6 Å². The zero-order valence-corrected chi connectivity index (χ0v) is 14.9. The third-order valence-electron chi connectivity index (χ3n) is 5.68. The lowest BCUT2D eigenvalue weighted by molar-refractivity contribution is -0.150. The van der Waals surface area contributed by atoms with Crippen molar-refractivity contribution in [3.63, 3.8) is 0 Å². The number of piperazine rings is 1. The summed E-state index contributed by atoms with van der Waals surface area (Å²) in [5.74, 6) is -2.38. The molecule has 0 radical (unpaired) electrons. The molecular formula is C20H24N2O4. The number of rotatable bonds is 4. The third-order valence-corrected chi connectivity index (χ3v) is 5.68. The van der Waals surface area contributed by atoms with E-state index in [4.69, 9.17) is 4.74 Å². The number of carbonyl (C=O) groups excluding carboxylic acids is 1. The first kappa shape index (κ1) is 17.2. The van der Waals surface area contributed by atoms with E-state index < -0.39 is 23.9 Å². The van der Waals surface area contributed by atoms with Gasteiger partial charge >= 0.3 is 5.97 Å². The molecule has 1 aromatic rings. The summed E-state index contributed by atoms with van der Waals surface area (Å²) >= 11 is 0. The molecule has 3 aliphatic heterocycles. The van der Waals surface area contributed by atoms with Gasteiger partial charge < -0.3 is 14.7 Å². The Hall–Kier alpha value is -2.18. The monoisotopic (exact) mass is 356 g/mol. The first-order chi connectivity index (χ1) is 12.5. The first-order valence-corrected chi connectivity index (χ1v) is 9.16. The molecule has 3 heterocycles. The number of hydrogen-bond donors (Lipinski definition) is 1. The Morgan fingerprint density at radius 1 is 1.04 bits per heavy atom. The summed E-state index contributed by atoms with van der Waals surface area (Å²) in [5, 5.41) is 9.49. The number of carboxylic acids is 1. The summed E-state index contributed by atoms with van der Waals surface area (Å²) in [6.07, 6.45) is 2.75. The molecule has 1 aromatic carbocycles. The molecule has 2 saturated heterocycles. The van der Waals surface area contributed by atoms with Crippen LogP contribution in [-0.4, -0.2) is 65.2 Å². The highest BCUT2D eigenvalue weighted by molar-refractivity contribution is 5.87. The SMILES string of the molecule is Cc1ccc(CN2CCN(C(=O)[C@@H]3[C@@H](C(=O)O)[C@H]4C=C[C@H]3O4)CC2)cc1. The van der Waals surface area contributed by atoms with Crippen LogP contribution in [0.2, 0.25) is 0 Å². The van der Waals surface area contributed by atoms with Crippen LogP contribution in [0.15, 0.2) is 36.4 Å². The lowest BCUT2D eigenvalue weighted by Crippen LogP contribution is -2.52. The molecule has 0 spiro atoms. The largest absolute Gasteiger partial charge is 0.481 e. The Kier molecular flexibility index (Phi) is 4.54. The highest BCUT2D eigenvalue weighted by Gasteiger charge is 2.54. The van der Waals surface area contributed by atoms with Crippen molar-refractivity contribution in [1.29, 1.82) is 0 Å². The van der Waals surface area contributed by atoms with Crippen LogP contribution in [0, 0.1) is 18.8 Å². The van der Waals surface area contributed by atoms with Crippen molar-refractivity contribution in [3.8, 4) is 0 Å². The van der Waals surface area contributed by atoms with E-state index in [1.807, 2.05) is 11.0 Å². The number of fused-ring (bicyclic) bond motifs is 2. The van der Waals surface area contributed by atoms with Crippen LogP contribution in [0.25, 0.3) is 0 Å². The smallest absolute Gasteiger partial charge is 0.310 e. The van der Waals surface area contributed by atoms with Gasteiger partial charge in [-0.1, -0.05) is 42.0 Å². The van der Waals surface area contributed by atoms with Crippen LogP contribution >= 0.6 is 0 Å². The van der Waals surface area contributed by atoms with Gasteiger partial charge in [-0.05, 0) is 12.5 Å². The van der Waals surface area contributed by atoms with Crippen molar-refractivity contribution >= 4 is 11.9 Å². The predicted molar refractivity (Wildman–Crippen MR) is 95.5 cm³/mol.